The molecule has 2 aromatic carbocycles. The van der Waals surface area contributed by atoms with Crippen LogP contribution < -0.4 is 0 Å². The van der Waals surface area contributed by atoms with Gasteiger partial charge in [-0.1, -0.05) is 31.2 Å². The zero-order chi connectivity index (χ0) is 13.9. The predicted molar refractivity (Wildman–Crippen MR) is 79.2 cm³/mol. The van der Waals surface area contributed by atoms with Crippen molar-refractivity contribution in [2.45, 2.75) is 26.3 Å². The Kier molecular flexibility index (Phi) is 3.50. The Balaban J connectivity index is 2.04. The molecule has 0 N–H and O–H groups in total. The SMILES string of the molecule is CCCc1nc2ccccc2n1Cc1ccc(F)cc1. The number of aryl methyl sites for hydroxylation is 1. The van der Waals surface area contributed by atoms with Crippen molar-refractivity contribution in [1.29, 1.82) is 0 Å². The zero-order valence-corrected chi connectivity index (χ0v) is 11.5. The van der Waals surface area contributed by atoms with Crippen LogP contribution in [-0.2, 0) is 13.0 Å². The first-order valence-corrected chi connectivity index (χ1v) is 6.96. The van der Waals surface area contributed by atoms with Crippen LogP contribution in [0.2, 0.25) is 0 Å². The van der Waals surface area contributed by atoms with Crippen LogP contribution in [0, 0.1) is 5.82 Å². The van der Waals surface area contributed by atoms with Gasteiger partial charge in [0.15, 0.2) is 0 Å². The molecule has 1 aromatic heterocycles. The molecule has 1 heterocycles. The molecule has 0 spiro atoms. The smallest absolute Gasteiger partial charge is 0.123 e. The third-order valence-corrected chi connectivity index (χ3v) is 3.46. The number of para-hydroxylation sites is 2. The van der Waals surface area contributed by atoms with Gasteiger partial charge in [-0.15, -0.1) is 0 Å². The van der Waals surface area contributed by atoms with Crippen LogP contribution in [0.15, 0.2) is 48.5 Å². The summed E-state index contributed by atoms with van der Waals surface area (Å²) in [5, 5.41) is 0. The third kappa shape index (κ3) is 2.44. The van der Waals surface area contributed by atoms with E-state index in [4.69, 9.17) is 4.98 Å². The van der Waals surface area contributed by atoms with Crippen molar-refractivity contribution in [1.82, 2.24) is 9.55 Å². The molecule has 0 saturated carbocycles. The number of imidazole rings is 1. The predicted octanol–water partition coefficient (Wildman–Crippen LogP) is 4.18. The van der Waals surface area contributed by atoms with Gasteiger partial charge in [-0.2, -0.15) is 0 Å². The van der Waals surface area contributed by atoms with Gasteiger partial charge in [-0.05, 0) is 36.2 Å². The van der Waals surface area contributed by atoms with Gasteiger partial charge in [0.2, 0.25) is 0 Å². The van der Waals surface area contributed by atoms with E-state index >= 15 is 0 Å². The number of aromatic nitrogens is 2. The van der Waals surface area contributed by atoms with Gasteiger partial charge >= 0.3 is 0 Å². The third-order valence-electron chi connectivity index (χ3n) is 3.46. The Hall–Kier alpha value is -2.16. The van der Waals surface area contributed by atoms with E-state index < -0.39 is 0 Å². The summed E-state index contributed by atoms with van der Waals surface area (Å²) in [6, 6.07) is 14.8. The Morgan fingerprint density at radius 1 is 1.05 bits per heavy atom. The van der Waals surface area contributed by atoms with E-state index in [1.807, 2.05) is 30.3 Å². The van der Waals surface area contributed by atoms with E-state index in [0.717, 1.165) is 41.8 Å². The van der Waals surface area contributed by atoms with Crippen LogP contribution in [-0.4, -0.2) is 9.55 Å². The molecule has 102 valence electrons. The van der Waals surface area contributed by atoms with Crippen molar-refractivity contribution in [3.63, 3.8) is 0 Å². The lowest BCUT2D eigenvalue weighted by Crippen LogP contribution is -2.05. The fourth-order valence-corrected chi connectivity index (χ4v) is 2.49. The normalized spacial score (nSPS) is 11.1. The minimum absolute atomic E-state index is 0.196. The van der Waals surface area contributed by atoms with Gasteiger partial charge in [0.25, 0.3) is 0 Å². The first-order valence-electron chi connectivity index (χ1n) is 6.96. The molecule has 0 aliphatic carbocycles. The van der Waals surface area contributed by atoms with E-state index in [1.54, 1.807) is 0 Å². The van der Waals surface area contributed by atoms with E-state index in [-0.39, 0.29) is 5.82 Å². The molecule has 0 saturated heterocycles. The van der Waals surface area contributed by atoms with Gasteiger partial charge in [-0.3, -0.25) is 0 Å². The average Bonchev–Trinajstić information content (AvgIpc) is 2.80. The van der Waals surface area contributed by atoms with Crippen molar-refractivity contribution in [2.24, 2.45) is 0 Å². The Bertz CT molecular complexity index is 713. The quantitative estimate of drug-likeness (QED) is 0.694. The Morgan fingerprint density at radius 3 is 2.55 bits per heavy atom. The van der Waals surface area contributed by atoms with Crippen LogP contribution >= 0.6 is 0 Å². The number of hydrogen-bond donors (Lipinski definition) is 0. The molecule has 0 radical (unpaired) electrons. The van der Waals surface area contributed by atoms with E-state index in [0.29, 0.717) is 0 Å². The highest BCUT2D eigenvalue weighted by Crippen LogP contribution is 2.19. The maximum Gasteiger partial charge on any atom is 0.123 e. The molecule has 0 bridgehead atoms. The number of hydrogen-bond acceptors (Lipinski definition) is 1. The Labute approximate surface area is 117 Å². The zero-order valence-electron chi connectivity index (χ0n) is 11.5. The molecular weight excluding hydrogens is 251 g/mol. The standard InChI is InChI=1S/C17H17FN2/c1-2-5-17-19-15-6-3-4-7-16(15)20(17)12-13-8-10-14(18)11-9-13/h3-4,6-11H,2,5,12H2,1H3. The van der Waals surface area contributed by atoms with Crippen molar-refractivity contribution in [3.8, 4) is 0 Å². The summed E-state index contributed by atoms with van der Waals surface area (Å²) < 4.78 is 15.2. The van der Waals surface area contributed by atoms with Crippen LogP contribution in [0.3, 0.4) is 0 Å². The largest absolute Gasteiger partial charge is 0.323 e. The molecule has 0 unspecified atom stereocenters. The second-order valence-corrected chi connectivity index (χ2v) is 4.98. The average molecular weight is 268 g/mol. The van der Waals surface area contributed by atoms with Crippen molar-refractivity contribution < 1.29 is 4.39 Å². The molecule has 0 amide bonds. The molecule has 20 heavy (non-hydrogen) atoms. The minimum Gasteiger partial charge on any atom is -0.323 e. The van der Waals surface area contributed by atoms with E-state index in [1.165, 1.54) is 12.1 Å². The van der Waals surface area contributed by atoms with Crippen molar-refractivity contribution in [3.05, 3.63) is 65.7 Å². The molecule has 0 atom stereocenters. The maximum atomic E-state index is 13.0. The number of rotatable bonds is 4. The summed E-state index contributed by atoms with van der Waals surface area (Å²) in [6.07, 6.45) is 2.02. The van der Waals surface area contributed by atoms with Gasteiger partial charge in [0, 0.05) is 13.0 Å². The molecule has 0 aliphatic rings. The van der Waals surface area contributed by atoms with Crippen molar-refractivity contribution in [2.75, 3.05) is 0 Å². The van der Waals surface area contributed by atoms with E-state index in [2.05, 4.69) is 17.6 Å². The van der Waals surface area contributed by atoms with Gasteiger partial charge in [0.1, 0.15) is 11.6 Å². The van der Waals surface area contributed by atoms with E-state index in [9.17, 15) is 4.39 Å². The molecule has 3 heteroatoms. The minimum atomic E-state index is -0.196. The van der Waals surface area contributed by atoms with Gasteiger partial charge in [-0.25, -0.2) is 9.37 Å². The van der Waals surface area contributed by atoms with Gasteiger partial charge in [0.05, 0.1) is 11.0 Å². The lowest BCUT2D eigenvalue weighted by atomic mass is 10.2. The summed E-state index contributed by atoms with van der Waals surface area (Å²) in [5.74, 6) is 0.899. The number of fused-ring (bicyclic) bond motifs is 1. The molecule has 0 fully saturated rings. The number of nitrogens with zero attached hydrogens (tertiary/aromatic N) is 2. The molecular formula is C17H17FN2. The number of benzene rings is 2. The van der Waals surface area contributed by atoms with Crippen molar-refractivity contribution >= 4 is 11.0 Å². The molecule has 0 aliphatic heterocycles. The summed E-state index contributed by atoms with van der Waals surface area (Å²) in [4.78, 5) is 4.71. The van der Waals surface area contributed by atoms with Crippen LogP contribution in [0.5, 0.6) is 0 Å². The second-order valence-electron chi connectivity index (χ2n) is 4.98. The van der Waals surface area contributed by atoms with Crippen LogP contribution in [0.25, 0.3) is 11.0 Å². The number of halogens is 1. The van der Waals surface area contributed by atoms with Crippen LogP contribution in [0.4, 0.5) is 4.39 Å². The lowest BCUT2D eigenvalue weighted by Gasteiger charge is -2.09. The fraction of sp³-hybridized carbons (Fsp3) is 0.235. The summed E-state index contributed by atoms with van der Waals surface area (Å²) in [6.45, 7) is 2.89. The first kappa shape index (κ1) is 12.9. The highest BCUT2D eigenvalue weighted by Gasteiger charge is 2.09. The highest BCUT2D eigenvalue weighted by atomic mass is 19.1. The molecule has 3 aromatic rings. The lowest BCUT2D eigenvalue weighted by molar-refractivity contribution is 0.626. The topological polar surface area (TPSA) is 17.8 Å². The first-order chi connectivity index (χ1) is 9.78. The summed E-state index contributed by atoms with van der Waals surface area (Å²) >= 11 is 0. The summed E-state index contributed by atoms with van der Waals surface area (Å²) in [7, 11) is 0. The second kappa shape index (κ2) is 5.45. The van der Waals surface area contributed by atoms with Gasteiger partial charge < -0.3 is 4.57 Å². The molecule has 2 nitrogen and oxygen atoms in total. The monoisotopic (exact) mass is 268 g/mol. The fourth-order valence-electron chi connectivity index (χ4n) is 2.49. The highest BCUT2D eigenvalue weighted by molar-refractivity contribution is 5.76. The molecule has 3 rings (SSSR count). The maximum absolute atomic E-state index is 13.0. The van der Waals surface area contributed by atoms with Crippen LogP contribution in [0.1, 0.15) is 24.7 Å². The Morgan fingerprint density at radius 2 is 1.80 bits per heavy atom. The summed E-state index contributed by atoms with van der Waals surface area (Å²) in [5.41, 5.74) is 3.25.